The molecule has 0 radical (unpaired) electrons. The van der Waals surface area contributed by atoms with Crippen LogP contribution in [-0.4, -0.2) is 25.7 Å². The van der Waals surface area contributed by atoms with E-state index in [4.69, 9.17) is 22.1 Å². The zero-order valence-corrected chi connectivity index (χ0v) is 18.0. The average molecular weight is 471 g/mol. The molecule has 8 nitrogen and oxygen atoms in total. The van der Waals surface area contributed by atoms with Gasteiger partial charge in [-0.15, -0.1) is 0 Å². The Balaban J connectivity index is 1.55. The number of carbonyl (C=O) groups is 1. The maximum absolute atomic E-state index is 14.6. The molecule has 11 heteroatoms. The first-order valence-corrected chi connectivity index (χ1v) is 10.1. The first kappa shape index (κ1) is 22.2. The molecule has 4 aromatic rings. The molecular formula is C22H17ClF2N6O2. The van der Waals surface area contributed by atoms with Gasteiger partial charge in [0.2, 0.25) is 0 Å². The van der Waals surface area contributed by atoms with Crippen molar-refractivity contribution in [3.8, 4) is 17.3 Å². The van der Waals surface area contributed by atoms with Gasteiger partial charge in [-0.2, -0.15) is 5.10 Å². The second-order valence-electron chi connectivity index (χ2n) is 6.79. The second kappa shape index (κ2) is 9.21. The third kappa shape index (κ3) is 4.46. The standard InChI is InChI=1S/C22H17ClF2N6O2/c1-2-16-13(11-29-31(16)21-14(24)4-3-8-28-21)22(32)30-12-5-6-17(15(25)10-12)33-18-7-9-27-20(26)19(18)23/h3-11H,2H2,1H3,(H2,26,27)(H,30,32). The highest BCUT2D eigenvalue weighted by Crippen LogP contribution is 2.34. The van der Waals surface area contributed by atoms with E-state index < -0.39 is 17.5 Å². The number of pyridine rings is 2. The van der Waals surface area contributed by atoms with Crippen molar-refractivity contribution in [1.82, 2.24) is 19.7 Å². The Labute approximate surface area is 192 Å². The fourth-order valence-corrected chi connectivity index (χ4v) is 3.27. The quantitative estimate of drug-likeness (QED) is 0.419. The molecule has 0 unspecified atom stereocenters. The predicted octanol–water partition coefficient (Wildman–Crippen LogP) is 4.78. The SMILES string of the molecule is CCc1c(C(=O)Nc2ccc(Oc3ccnc(N)c3Cl)c(F)c2)cnn1-c1ncccc1F. The van der Waals surface area contributed by atoms with Crippen LogP contribution >= 0.6 is 11.6 Å². The van der Waals surface area contributed by atoms with Crippen molar-refractivity contribution >= 4 is 29.0 Å². The van der Waals surface area contributed by atoms with Crippen LogP contribution in [-0.2, 0) is 6.42 Å². The zero-order chi connectivity index (χ0) is 23.5. The van der Waals surface area contributed by atoms with Crippen molar-refractivity contribution in [1.29, 1.82) is 0 Å². The topological polar surface area (TPSA) is 108 Å². The lowest BCUT2D eigenvalue weighted by atomic mass is 10.2. The third-order valence-corrected chi connectivity index (χ3v) is 5.06. The maximum Gasteiger partial charge on any atom is 0.259 e. The summed E-state index contributed by atoms with van der Waals surface area (Å²) in [6.07, 6.45) is 4.51. The molecule has 1 aromatic carbocycles. The van der Waals surface area contributed by atoms with E-state index in [0.29, 0.717) is 12.1 Å². The molecule has 0 aliphatic rings. The number of rotatable bonds is 6. The Morgan fingerprint density at radius 2 is 1.97 bits per heavy atom. The van der Waals surface area contributed by atoms with Crippen LogP contribution in [0.3, 0.4) is 0 Å². The van der Waals surface area contributed by atoms with Gasteiger partial charge in [-0.05, 0) is 30.7 Å². The molecule has 4 rings (SSSR count). The van der Waals surface area contributed by atoms with E-state index >= 15 is 0 Å². The summed E-state index contributed by atoms with van der Waals surface area (Å²) in [5.74, 6) is -1.79. The van der Waals surface area contributed by atoms with E-state index in [1.165, 1.54) is 53.6 Å². The monoisotopic (exact) mass is 470 g/mol. The van der Waals surface area contributed by atoms with Gasteiger partial charge in [0, 0.05) is 30.2 Å². The lowest BCUT2D eigenvalue weighted by Gasteiger charge is -2.11. The summed E-state index contributed by atoms with van der Waals surface area (Å²) in [6.45, 7) is 1.80. The highest BCUT2D eigenvalue weighted by Gasteiger charge is 2.20. The Kier molecular flexibility index (Phi) is 6.18. The Morgan fingerprint density at radius 1 is 1.15 bits per heavy atom. The molecule has 0 atom stereocenters. The first-order valence-electron chi connectivity index (χ1n) is 9.75. The van der Waals surface area contributed by atoms with Crippen molar-refractivity contribution < 1.29 is 18.3 Å². The van der Waals surface area contributed by atoms with Crippen LogP contribution in [0.1, 0.15) is 23.0 Å². The number of amides is 1. The number of nitrogens with zero attached hydrogens (tertiary/aromatic N) is 4. The zero-order valence-electron chi connectivity index (χ0n) is 17.2. The first-order chi connectivity index (χ1) is 15.9. The van der Waals surface area contributed by atoms with Gasteiger partial charge in [0.25, 0.3) is 5.91 Å². The van der Waals surface area contributed by atoms with Crippen LogP contribution in [0.2, 0.25) is 5.02 Å². The van der Waals surface area contributed by atoms with Crippen LogP contribution in [0.15, 0.2) is 55.0 Å². The lowest BCUT2D eigenvalue weighted by molar-refractivity contribution is 0.102. The van der Waals surface area contributed by atoms with Crippen molar-refractivity contribution in [3.63, 3.8) is 0 Å². The summed E-state index contributed by atoms with van der Waals surface area (Å²) in [4.78, 5) is 20.6. The van der Waals surface area contributed by atoms with Gasteiger partial charge in [0.15, 0.2) is 29.0 Å². The fourth-order valence-electron chi connectivity index (χ4n) is 3.12. The van der Waals surface area contributed by atoms with Crippen LogP contribution in [0, 0.1) is 11.6 Å². The van der Waals surface area contributed by atoms with E-state index in [1.54, 1.807) is 6.92 Å². The highest BCUT2D eigenvalue weighted by atomic mass is 35.5. The van der Waals surface area contributed by atoms with Crippen LogP contribution in [0.4, 0.5) is 20.3 Å². The molecule has 0 bridgehead atoms. The summed E-state index contributed by atoms with van der Waals surface area (Å²) in [5, 5.41) is 6.77. The molecule has 0 fully saturated rings. The van der Waals surface area contributed by atoms with Gasteiger partial charge < -0.3 is 15.8 Å². The number of hydrogen-bond acceptors (Lipinski definition) is 6. The molecule has 0 saturated carbocycles. The van der Waals surface area contributed by atoms with Crippen molar-refractivity contribution in [2.45, 2.75) is 13.3 Å². The summed E-state index contributed by atoms with van der Waals surface area (Å²) >= 11 is 6.02. The van der Waals surface area contributed by atoms with E-state index in [1.807, 2.05) is 0 Å². The molecule has 3 heterocycles. The van der Waals surface area contributed by atoms with Gasteiger partial charge in [-0.1, -0.05) is 18.5 Å². The minimum absolute atomic E-state index is 0.0173. The van der Waals surface area contributed by atoms with Crippen LogP contribution in [0.5, 0.6) is 11.5 Å². The molecular weight excluding hydrogens is 454 g/mol. The Hall–Kier alpha value is -4.05. The Bertz CT molecular complexity index is 1340. The third-order valence-electron chi connectivity index (χ3n) is 4.68. The maximum atomic E-state index is 14.6. The number of halogens is 3. The van der Waals surface area contributed by atoms with Crippen molar-refractivity contribution in [3.05, 3.63) is 82.9 Å². The summed E-state index contributed by atoms with van der Waals surface area (Å²) in [7, 11) is 0. The van der Waals surface area contributed by atoms with Gasteiger partial charge in [-0.3, -0.25) is 4.79 Å². The number of nitrogens with one attached hydrogen (secondary N) is 1. The summed E-state index contributed by atoms with van der Waals surface area (Å²) in [6, 6.07) is 8.06. The van der Waals surface area contributed by atoms with Gasteiger partial charge in [0.05, 0.1) is 17.5 Å². The molecule has 0 saturated heterocycles. The van der Waals surface area contributed by atoms with Gasteiger partial charge in [-0.25, -0.2) is 23.4 Å². The smallest absolute Gasteiger partial charge is 0.259 e. The predicted molar refractivity (Wildman–Crippen MR) is 119 cm³/mol. The molecule has 168 valence electrons. The van der Waals surface area contributed by atoms with Crippen LogP contribution < -0.4 is 15.8 Å². The number of hydrogen-bond donors (Lipinski definition) is 2. The minimum Gasteiger partial charge on any atom is -0.453 e. The number of aromatic nitrogens is 4. The van der Waals surface area contributed by atoms with Gasteiger partial charge >= 0.3 is 0 Å². The normalized spacial score (nSPS) is 10.8. The second-order valence-corrected chi connectivity index (χ2v) is 7.17. The van der Waals surface area contributed by atoms with Crippen molar-refractivity contribution in [2.24, 2.45) is 0 Å². The van der Waals surface area contributed by atoms with E-state index in [9.17, 15) is 13.6 Å². The van der Waals surface area contributed by atoms with E-state index in [2.05, 4.69) is 20.4 Å². The number of anilines is 2. The highest BCUT2D eigenvalue weighted by molar-refractivity contribution is 6.34. The van der Waals surface area contributed by atoms with Gasteiger partial charge in [0.1, 0.15) is 10.8 Å². The number of benzene rings is 1. The number of nitrogen functional groups attached to an aromatic ring is 1. The summed E-state index contributed by atoms with van der Waals surface area (Å²) < 4.78 is 35.5. The molecule has 3 N–H and O–H groups in total. The van der Waals surface area contributed by atoms with Crippen LogP contribution in [0.25, 0.3) is 5.82 Å². The Morgan fingerprint density at radius 3 is 2.70 bits per heavy atom. The minimum atomic E-state index is -0.735. The molecule has 33 heavy (non-hydrogen) atoms. The molecule has 1 amide bonds. The van der Waals surface area contributed by atoms with Crippen molar-refractivity contribution in [2.75, 3.05) is 11.1 Å². The fraction of sp³-hybridized carbons (Fsp3) is 0.0909. The number of ether oxygens (including phenoxy) is 1. The molecule has 0 aliphatic carbocycles. The molecule has 0 aliphatic heterocycles. The number of nitrogens with two attached hydrogens (primary N) is 1. The average Bonchev–Trinajstić information content (AvgIpc) is 3.23. The number of carbonyl (C=O) groups excluding carboxylic acids is 1. The van der Waals surface area contributed by atoms with E-state index in [-0.39, 0.29) is 39.4 Å². The molecule has 3 aromatic heterocycles. The molecule has 0 spiro atoms. The summed E-state index contributed by atoms with van der Waals surface area (Å²) in [5.41, 5.74) is 6.47. The lowest BCUT2D eigenvalue weighted by Crippen LogP contribution is -2.15. The largest absolute Gasteiger partial charge is 0.453 e. The van der Waals surface area contributed by atoms with E-state index in [0.717, 1.165) is 6.07 Å².